The second-order valence-corrected chi connectivity index (χ2v) is 5.03. The molecule has 1 saturated carbocycles. The third-order valence-electron chi connectivity index (χ3n) is 3.55. The Bertz CT molecular complexity index is 425. The molecule has 0 unspecified atom stereocenters. The van der Waals surface area contributed by atoms with E-state index >= 15 is 0 Å². The van der Waals surface area contributed by atoms with Crippen LogP contribution in [-0.2, 0) is 17.9 Å². The standard InChI is InChI=1S/C15H23N3O/c1-19-11-13-7-3-2-6-12(13)10-17-15(16)18-14-8-4-5-9-14/h2-3,6-7,14H,4-5,8-11H2,1H3,(H3,16,17,18). The lowest BCUT2D eigenvalue weighted by Gasteiger charge is -2.12. The minimum absolute atomic E-state index is 0.512. The van der Waals surface area contributed by atoms with E-state index in [-0.39, 0.29) is 0 Å². The molecule has 19 heavy (non-hydrogen) atoms. The highest BCUT2D eigenvalue weighted by Gasteiger charge is 2.14. The molecule has 0 spiro atoms. The Morgan fingerprint density at radius 2 is 2.00 bits per heavy atom. The number of hydrogen-bond acceptors (Lipinski definition) is 2. The molecule has 3 N–H and O–H groups in total. The highest BCUT2D eigenvalue weighted by Crippen LogP contribution is 2.17. The van der Waals surface area contributed by atoms with Crippen LogP contribution in [0.1, 0.15) is 36.8 Å². The Morgan fingerprint density at radius 1 is 1.32 bits per heavy atom. The molecule has 1 aromatic rings. The summed E-state index contributed by atoms with van der Waals surface area (Å²) in [5.74, 6) is 0.555. The second kappa shape index (κ2) is 7.14. The van der Waals surface area contributed by atoms with Crippen LogP contribution in [0.4, 0.5) is 0 Å². The molecule has 1 fully saturated rings. The fraction of sp³-hybridized carbons (Fsp3) is 0.533. The Kier molecular flexibility index (Phi) is 5.21. The predicted octanol–water partition coefficient (Wildman–Crippen LogP) is 2.18. The summed E-state index contributed by atoms with van der Waals surface area (Å²) in [6.07, 6.45) is 5.00. The number of benzene rings is 1. The van der Waals surface area contributed by atoms with E-state index in [4.69, 9.17) is 10.5 Å². The lowest BCUT2D eigenvalue weighted by Crippen LogP contribution is -2.38. The normalized spacial score (nSPS) is 16.8. The van der Waals surface area contributed by atoms with Gasteiger partial charge in [0.1, 0.15) is 0 Å². The zero-order chi connectivity index (χ0) is 13.5. The van der Waals surface area contributed by atoms with E-state index < -0.39 is 0 Å². The quantitative estimate of drug-likeness (QED) is 0.631. The highest BCUT2D eigenvalue weighted by atomic mass is 16.5. The van der Waals surface area contributed by atoms with Gasteiger partial charge in [-0.1, -0.05) is 37.1 Å². The molecule has 0 heterocycles. The Hall–Kier alpha value is -1.55. The van der Waals surface area contributed by atoms with Crippen LogP contribution in [-0.4, -0.2) is 19.1 Å². The first kappa shape index (κ1) is 13.9. The maximum Gasteiger partial charge on any atom is 0.189 e. The van der Waals surface area contributed by atoms with E-state index in [1.807, 2.05) is 12.1 Å². The molecule has 4 nitrogen and oxygen atoms in total. The summed E-state index contributed by atoms with van der Waals surface area (Å²) in [4.78, 5) is 4.43. The molecule has 1 aliphatic rings. The summed E-state index contributed by atoms with van der Waals surface area (Å²) < 4.78 is 5.19. The lowest BCUT2D eigenvalue weighted by molar-refractivity contribution is 0.184. The van der Waals surface area contributed by atoms with E-state index in [2.05, 4.69) is 22.4 Å². The molecular weight excluding hydrogens is 238 g/mol. The third kappa shape index (κ3) is 4.24. The first-order valence-corrected chi connectivity index (χ1v) is 6.92. The SMILES string of the molecule is COCc1ccccc1CN=C(N)NC1CCCC1. The minimum atomic E-state index is 0.512. The zero-order valence-corrected chi connectivity index (χ0v) is 11.6. The van der Waals surface area contributed by atoms with Gasteiger partial charge in [-0.2, -0.15) is 0 Å². The molecule has 104 valence electrons. The van der Waals surface area contributed by atoms with Gasteiger partial charge in [-0.3, -0.25) is 0 Å². The van der Waals surface area contributed by atoms with E-state index in [0.717, 1.165) is 0 Å². The van der Waals surface area contributed by atoms with E-state index in [9.17, 15) is 0 Å². The maximum atomic E-state index is 5.93. The molecule has 0 bridgehead atoms. The number of methoxy groups -OCH3 is 1. The topological polar surface area (TPSA) is 59.6 Å². The maximum absolute atomic E-state index is 5.93. The molecule has 0 radical (unpaired) electrons. The van der Waals surface area contributed by atoms with Gasteiger partial charge in [0.15, 0.2) is 5.96 Å². The first-order chi connectivity index (χ1) is 9.29. The highest BCUT2D eigenvalue weighted by molar-refractivity contribution is 5.78. The van der Waals surface area contributed by atoms with Crippen molar-refractivity contribution in [2.75, 3.05) is 7.11 Å². The van der Waals surface area contributed by atoms with Gasteiger partial charge in [0.2, 0.25) is 0 Å². The van der Waals surface area contributed by atoms with Gasteiger partial charge in [-0.05, 0) is 24.0 Å². The molecule has 0 atom stereocenters. The summed E-state index contributed by atoms with van der Waals surface area (Å²) in [6, 6.07) is 8.68. The number of rotatable bonds is 5. The fourth-order valence-electron chi connectivity index (χ4n) is 2.50. The van der Waals surface area contributed by atoms with E-state index in [1.165, 1.54) is 36.8 Å². The van der Waals surface area contributed by atoms with Crippen molar-refractivity contribution in [3.63, 3.8) is 0 Å². The van der Waals surface area contributed by atoms with Gasteiger partial charge in [-0.25, -0.2) is 4.99 Å². The average Bonchev–Trinajstić information content (AvgIpc) is 2.91. The number of nitrogens with two attached hydrogens (primary N) is 1. The van der Waals surface area contributed by atoms with Crippen molar-refractivity contribution in [1.82, 2.24) is 5.32 Å². The molecule has 0 amide bonds. The van der Waals surface area contributed by atoms with Gasteiger partial charge in [0, 0.05) is 13.2 Å². The number of ether oxygens (including phenoxy) is 1. The van der Waals surface area contributed by atoms with Crippen LogP contribution in [0, 0.1) is 0 Å². The van der Waals surface area contributed by atoms with Gasteiger partial charge in [-0.15, -0.1) is 0 Å². The molecular formula is C15H23N3O. The summed E-state index contributed by atoms with van der Waals surface area (Å²) in [6.45, 7) is 1.22. The van der Waals surface area contributed by atoms with Crippen LogP contribution in [0.2, 0.25) is 0 Å². The van der Waals surface area contributed by atoms with Gasteiger partial charge in [0.05, 0.1) is 13.2 Å². The van der Waals surface area contributed by atoms with Crippen LogP contribution in [0.3, 0.4) is 0 Å². The van der Waals surface area contributed by atoms with Gasteiger partial charge in [0.25, 0.3) is 0 Å². The Labute approximate surface area is 115 Å². The minimum Gasteiger partial charge on any atom is -0.380 e. The van der Waals surface area contributed by atoms with Crippen molar-refractivity contribution in [2.45, 2.75) is 44.9 Å². The Balaban J connectivity index is 1.92. The van der Waals surface area contributed by atoms with Crippen molar-refractivity contribution >= 4 is 5.96 Å². The van der Waals surface area contributed by atoms with Crippen molar-refractivity contribution in [3.8, 4) is 0 Å². The molecule has 0 aliphatic heterocycles. The van der Waals surface area contributed by atoms with Gasteiger partial charge >= 0.3 is 0 Å². The molecule has 2 rings (SSSR count). The lowest BCUT2D eigenvalue weighted by atomic mass is 10.1. The molecule has 0 aromatic heterocycles. The Morgan fingerprint density at radius 3 is 2.68 bits per heavy atom. The second-order valence-electron chi connectivity index (χ2n) is 5.03. The zero-order valence-electron chi connectivity index (χ0n) is 11.6. The number of nitrogens with one attached hydrogen (secondary N) is 1. The molecule has 0 saturated heterocycles. The van der Waals surface area contributed by atoms with E-state index in [0.29, 0.717) is 25.2 Å². The summed E-state index contributed by atoms with van der Waals surface area (Å²) in [5, 5.41) is 3.30. The fourth-order valence-corrected chi connectivity index (χ4v) is 2.50. The van der Waals surface area contributed by atoms with Crippen molar-refractivity contribution in [2.24, 2.45) is 10.7 Å². The first-order valence-electron chi connectivity index (χ1n) is 6.92. The van der Waals surface area contributed by atoms with Crippen LogP contribution in [0.5, 0.6) is 0 Å². The third-order valence-corrected chi connectivity index (χ3v) is 3.55. The number of aliphatic imine (C=N–C) groups is 1. The van der Waals surface area contributed by atoms with Crippen molar-refractivity contribution in [1.29, 1.82) is 0 Å². The van der Waals surface area contributed by atoms with Crippen LogP contribution >= 0.6 is 0 Å². The monoisotopic (exact) mass is 261 g/mol. The van der Waals surface area contributed by atoms with Crippen LogP contribution in [0.15, 0.2) is 29.3 Å². The largest absolute Gasteiger partial charge is 0.380 e. The average molecular weight is 261 g/mol. The summed E-state index contributed by atoms with van der Waals surface area (Å²) in [7, 11) is 1.70. The van der Waals surface area contributed by atoms with Crippen LogP contribution in [0.25, 0.3) is 0 Å². The van der Waals surface area contributed by atoms with Crippen molar-refractivity contribution in [3.05, 3.63) is 35.4 Å². The summed E-state index contributed by atoms with van der Waals surface area (Å²) >= 11 is 0. The summed E-state index contributed by atoms with van der Waals surface area (Å²) in [5.41, 5.74) is 8.27. The number of hydrogen-bond donors (Lipinski definition) is 2. The molecule has 4 heteroatoms. The number of guanidine groups is 1. The smallest absolute Gasteiger partial charge is 0.189 e. The predicted molar refractivity (Wildman–Crippen MR) is 77.9 cm³/mol. The van der Waals surface area contributed by atoms with Gasteiger partial charge < -0.3 is 15.8 Å². The number of nitrogens with zero attached hydrogens (tertiary/aromatic N) is 1. The van der Waals surface area contributed by atoms with Crippen molar-refractivity contribution < 1.29 is 4.74 Å². The van der Waals surface area contributed by atoms with E-state index in [1.54, 1.807) is 7.11 Å². The molecule has 1 aliphatic carbocycles. The molecule has 1 aromatic carbocycles. The van der Waals surface area contributed by atoms with Crippen LogP contribution < -0.4 is 11.1 Å².